The number of likely N-dealkylation sites (tertiary alicyclic amines) is 1. The summed E-state index contributed by atoms with van der Waals surface area (Å²) >= 11 is 1.59. The highest BCUT2D eigenvalue weighted by molar-refractivity contribution is 8.00. The number of carbonyl (C=O) groups excluding carboxylic acids is 2. The van der Waals surface area contributed by atoms with Gasteiger partial charge in [0.25, 0.3) is 0 Å². The van der Waals surface area contributed by atoms with Crippen LogP contribution in [0.15, 0.2) is 0 Å². The fourth-order valence-electron chi connectivity index (χ4n) is 2.86. The van der Waals surface area contributed by atoms with Gasteiger partial charge in [-0.1, -0.05) is 0 Å². The largest absolute Gasteiger partial charge is 0.340 e. The zero-order valence-corrected chi connectivity index (χ0v) is 10.5. The van der Waals surface area contributed by atoms with Gasteiger partial charge in [0.2, 0.25) is 11.8 Å². The van der Waals surface area contributed by atoms with Crippen molar-refractivity contribution in [1.82, 2.24) is 15.1 Å². The third-order valence-electron chi connectivity index (χ3n) is 3.89. The Morgan fingerprint density at radius 2 is 2.06 bits per heavy atom. The van der Waals surface area contributed by atoms with E-state index >= 15 is 0 Å². The van der Waals surface area contributed by atoms with E-state index in [1.54, 1.807) is 16.7 Å². The molecule has 0 spiro atoms. The Morgan fingerprint density at radius 3 is 2.65 bits per heavy atom. The Labute approximate surface area is 105 Å². The van der Waals surface area contributed by atoms with E-state index in [9.17, 15) is 9.59 Å². The second-order valence-electron chi connectivity index (χ2n) is 5.05. The quantitative estimate of drug-likeness (QED) is 0.702. The molecule has 0 aromatic heterocycles. The van der Waals surface area contributed by atoms with E-state index in [0.29, 0.717) is 23.5 Å². The predicted octanol–water partition coefficient (Wildman–Crippen LogP) is -0.803. The van der Waals surface area contributed by atoms with Crippen molar-refractivity contribution in [2.45, 2.75) is 0 Å². The van der Waals surface area contributed by atoms with Gasteiger partial charge in [-0.2, -0.15) is 0 Å². The van der Waals surface area contributed by atoms with Crippen LogP contribution in [0.4, 0.5) is 0 Å². The maximum absolute atomic E-state index is 12.1. The second-order valence-corrected chi connectivity index (χ2v) is 6.00. The summed E-state index contributed by atoms with van der Waals surface area (Å²) in [4.78, 5) is 27.1. The van der Waals surface area contributed by atoms with Crippen LogP contribution in [0, 0.1) is 11.8 Å². The van der Waals surface area contributed by atoms with E-state index in [1.807, 2.05) is 4.90 Å². The van der Waals surface area contributed by atoms with Crippen LogP contribution in [-0.2, 0) is 9.59 Å². The van der Waals surface area contributed by atoms with Crippen molar-refractivity contribution >= 4 is 23.6 Å². The van der Waals surface area contributed by atoms with Gasteiger partial charge in [-0.3, -0.25) is 9.59 Å². The molecule has 3 saturated heterocycles. The number of rotatable bonds is 2. The van der Waals surface area contributed by atoms with E-state index in [-0.39, 0.29) is 18.4 Å². The van der Waals surface area contributed by atoms with Crippen molar-refractivity contribution < 1.29 is 9.59 Å². The highest BCUT2D eigenvalue weighted by Crippen LogP contribution is 2.26. The molecule has 3 rings (SSSR count). The third kappa shape index (κ3) is 2.15. The number of fused-ring (bicyclic) bond motifs is 1. The first-order chi connectivity index (χ1) is 8.24. The minimum absolute atomic E-state index is 0.101. The van der Waals surface area contributed by atoms with Crippen molar-refractivity contribution in [2.24, 2.45) is 11.8 Å². The maximum Gasteiger partial charge on any atom is 0.242 e. The normalized spacial score (nSPS) is 32.4. The molecular formula is C11H17N3O2S. The number of thioether (sulfide) groups is 1. The van der Waals surface area contributed by atoms with Crippen LogP contribution in [0.1, 0.15) is 0 Å². The molecule has 17 heavy (non-hydrogen) atoms. The van der Waals surface area contributed by atoms with Gasteiger partial charge >= 0.3 is 0 Å². The number of hydrogen-bond donors (Lipinski definition) is 1. The summed E-state index contributed by atoms with van der Waals surface area (Å²) in [7, 11) is 0. The van der Waals surface area contributed by atoms with Crippen molar-refractivity contribution in [2.75, 3.05) is 44.4 Å². The van der Waals surface area contributed by atoms with E-state index < -0.39 is 0 Å². The molecule has 94 valence electrons. The van der Waals surface area contributed by atoms with Gasteiger partial charge in [0, 0.05) is 26.2 Å². The molecule has 5 nitrogen and oxygen atoms in total. The first-order valence-electron chi connectivity index (χ1n) is 6.08. The summed E-state index contributed by atoms with van der Waals surface area (Å²) in [6.07, 6.45) is 0. The lowest BCUT2D eigenvalue weighted by atomic mass is 10.0. The molecule has 0 unspecified atom stereocenters. The Morgan fingerprint density at radius 1 is 1.35 bits per heavy atom. The second kappa shape index (κ2) is 4.49. The summed E-state index contributed by atoms with van der Waals surface area (Å²) in [5.74, 6) is 2.68. The molecule has 0 aliphatic carbocycles. The average Bonchev–Trinajstić information content (AvgIpc) is 2.93. The molecular weight excluding hydrogens is 238 g/mol. The van der Waals surface area contributed by atoms with Crippen LogP contribution in [0.3, 0.4) is 0 Å². The Balaban J connectivity index is 1.55. The van der Waals surface area contributed by atoms with Gasteiger partial charge in [0.05, 0.1) is 11.6 Å². The highest BCUT2D eigenvalue weighted by atomic mass is 32.2. The summed E-state index contributed by atoms with van der Waals surface area (Å²) < 4.78 is 0. The zero-order valence-electron chi connectivity index (χ0n) is 9.72. The Kier molecular flexibility index (Phi) is 3.00. The lowest BCUT2D eigenvalue weighted by molar-refractivity contribution is -0.137. The minimum atomic E-state index is 0.101. The monoisotopic (exact) mass is 255 g/mol. The molecule has 0 aromatic rings. The van der Waals surface area contributed by atoms with Crippen molar-refractivity contribution in [3.05, 3.63) is 0 Å². The SMILES string of the molecule is O=C1CSCN1CC(=O)N1C[C@H]2CNC[C@H]2C1. The molecule has 3 aliphatic heterocycles. The van der Waals surface area contributed by atoms with Gasteiger partial charge in [-0.25, -0.2) is 0 Å². The van der Waals surface area contributed by atoms with Crippen LogP contribution in [0.25, 0.3) is 0 Å². The van der Waals surface area contributed by atoms with Gasteiger partial charge in [0.15, 0.2) is 0 Å². The number of nitrogens with one attached hydrogen (secondary N) is 1. The molecule has 0 radical (unpaired) electrons. The zero-order chi connectivity index (χ0) is 11.8. The van der Waals surface area contributed by atoms with Gasteiger partial charge in [0.1, 0.15) is 6.54 Å². The topological polar surface area (TPSA) is 52.7 Å². The van der Waals surface area contributed by atoms with E-state index in [0.717, 1.165) is 26.2 Å². The number of amides is 2. The first-order valence-corrected chi connectivity index (χ1v) is 7.23. The fraction of sp³-hybridized carbons (Fsp3) is 0.818. The number of hydrogen-bond acceptors (Lipinski definition) is 4. The van der Waals surface area contributed by atoms with E-state index in [2.05, 4.69) is 5.32 Å². The van der Waals surface area contributed by atoms with Crippen molar-refractivity contribution in [1.29, 1.82) is 0 Å². The smallest absolute Gasteiger partial charge is 0.242 e. The Hall–Kier alpha value is -0.750. The lowest BCUT2D eigenvalue weighted by Crippen LogP contribution is -2.41. The number of nitrogens with zero attached hydrogens (tertiary/aromatic N) is 2. The summed E-state index contributed by atoms with van der Waals surface area (Å²) in [6.45, 7) is 4.08. The molecule has 1 N–H and O–H groups in total. The maximum atomic E-state index is 12.1. The van der Waals surface area contributed by atoms with Gasteiger partial charge in [-0.05, 0) is 11.8 Å². The molecule has 0 aromatic carbocycles. The summed E-state index contributed by atoms with van der Waals surface area (Å²) in [5.41, 5.74) is 0. The average molecular weight is 255 g/mol. The third-order valence-corrected chi connectivity index (χ3v) is 4.84. The molecule has 3 fully saturated rings. The van der Waals surface area contributed by atoms with E-state index in [1.165, 1.54) is 0 Å². The molecule has 2 amide bonds. The van der Waals surface area contributed by atoms with Crippen LogP contribution < -0.4 is 5.32 Å². The Bertz CT molecular complexity index is 338. The fourth-order valence-corrected chi connectivity index (χ4v) is 3.77. The predicted molar refractivity (Wildman–Crippen MR) is 65.5 cm³/mol. The van der Waals surface area contributed by atoms with Crippen molar-refractivity contribution in [3.63, 3.8) is 0 Å². The highest BCUT2D eigenvalue weighted by Gasteiger charge is 2.38. The lowest BCUT2D eigenvalue weighted by Gasteiger charge is -2.21. The summed E-state index contributed by atoms with van der Waals surface area (Å²) in [6, 6.07) is 0. The van der Waals surface area contributed by atoms with Crippen molar-refractivity contribution in [3.8, 4) is 0 Å². The first kappa shape index (κ1) is 11.3. The molecule has 2 atom stereocenters. The summed E-state index contributed by atoms with van der Waals surface area (Å²) in [5, 5.41) is 3.36. The molecule has 3 aliphatic rings. The van der Waals surface area contributed by atoms with E-state index in [4.69, 9.17) is 0 Å². The standard InChI is InChI=1S/C11H17N3O2S/c15-10(5-14-7-17-6-11(14)16)13-3-8-1-12-2-9(8)4-13/h8-9,12H,1-7H2/t8-,9+. The van der Waals surface area contributed by atoms with Crippen LogP contribution in [-0.4, -0.2) is 66.0 Å². The van der Waals surface area contributed by atoms with Gasteiger partial charge < -0.3 is 15.1 Å². The molecule has 0 saturated carbocycles. The van der Waals surface area contributed by atoms with Gasteiger partial charge in [-0.15, -0.1) is 11.8 Å². The van der Waals surface area contributed by atoms with Crippen LogP contribution in [0.2, 0.25) is 0 Å². The minimum Gasteiger partial charge on any atom is -0.340 e. The molecule has 3 heterocycles. The molecule has 6 heteroatoms. The number of carbonyl (C=O) groups is 2. The molecule has 0 bridgehead atoms. The van der Waals surface area contributed by atoms with Crippen LogP contribution >= 0.6 is 11.8 Å². The van der Waals surface area contributed by atoms with Crippen LogP contribution in [0.5, 0.6) is 0 Å².